The fourth-order valence-electron chi connectivity index (χ4n) is 1.93. The average molecular weight is 302 g/mol. The molecule has 1 N–H and O–H groups in total. The Morgan fingerprint density at radius 1 is 1.35 bits per heavy atom. The van der Waals surface area contributed by atoms with Gasteiger partial charge in [0, 0.05) is 18.7 Å². The highest BCUT2D eigenvalue weighted by molar-refractivity contribution is 9.10. The van der Waals surface area contributed by atoms with Crippen LogP contribution < -0.4 is 14.8 Å². The molecule has 1 aromatic carbocycles. The molecule has 1 aliphatic heterocycles. The minimum absolute atomic E-state index is 0.00472. The van der Waals surface area contributed by atoms with E-state index in [1.807, 2.05) is 12.1 Å². The number of hydrogen-bond acceptors (Lipinski definition) is 4. The standard InChI is InChI=1S/C12H16BrNO3/c1-15-8-5-9(11-7-14-3-4-17-11)12(16-2)10(13)6-8/h5-6,11,14H,3-4,7H2,1-2H3. The van der Waals surface area contributed by atoms with Crippen molar-refractivity contribution in [2.75, 3.05) is 33.9 Å². The lowest BCUT2D eigenvalue weighted by Crippen LogP contribution is -2.33. The van der Waals surface area contributed by atoms with E-state index in [4.69, 9.17) is 14.2 Å². The summed E-state index contributed by atoms with van der Waals surface area (Å²) in [4.78, 5) is 0. The van der Waals surface area contributed by atoms with Crippen LogP contribution >= 0.6 is 15.9 Å². The highest BCUT2D eigenvalue weighted by Crippen LogP contribution is 2.38. The Balaban J connectivity index is 2.38. The van der Waals surface area contributed by atoms with Crippen LogP contribution in [0, 0.1) is 0 Å². The molecular weight excluding hydrogens is 286 g/mol. The zero-order valence-corrected chi connectivity index (χ0v) is 11.5. The van der Waals surface area contributed by atoms with E-state index >= 15 is 0 Å². The number of hydrogen-bond donors (Lipinski definition) is 1. The molecule has 17 heavy (non-hydrogen) atoms. The first-order valence-electron chi connectivity index (χ1n) is 5.50. The molecule has 0 amide bonds. The molecular formula is C12H16BrNO3. The van der Waals surface area contributed by atoms with Crippen LogP contribution in [0.15, 0.2) is 16.6 Å². The Kier molecular flexibility index (Phi) is 4.25. The fourth-order valence-corrected chi connectivity index (χ4v) is 2.54. The molecule has 0 bridgehead atoms. The van der Waals surface area contributed by atoms with Gasteiger partial charge in [0.25, 0.3) is 0 Å². The van der Waals surface area contributed by atoms with Crippen molar-refractivity contribution < 1.29 is 14.2 Å². The topological polar surface area (TPSA) is 39.7 Å². The maximum absolute atomic E-state index is 5.74. The van der Waals surface area contributed by atoms with Crippen molar-refractivity contribution in [2.45, 2.75) is 6.10 Å². The molecule has 1 saturated heterocycles. The summed E-state index contributed by atoms with van der Waals surface area (Å²) < 4.78 is 17.3. The molecule has 94 valence electrons. The molecule has 0 aliphatic carbocycles. The third-order valence-corrected chi connectivity index (χ3v) is 3.35. The molecule has 4 nitrogen and oxygen atoms in total. The van der Waals surface area contributed by atoms with E-state index in [-0.39, 0.29) is 6.10 Å². The van der Waals surface area contributed by atoms with Gasteiger partial charge in [-0.2, -0.15) is 0 Å². The van der Waals surface area contributed by atoms with Gasteiger partial charge in [0.1, 0.15) is 11.5 Å². The smallest absolute Gasteiger partial charge is 0.139 e. The van der Waals surface area contributed by atoms with Crippen LogP contribution in [-0.4, -0.2) is 33.9 Å². The fraction of sp³-hybridized carbons (Fsp3) is 0.500. The SMILES string of the molecule is COc1cc(Br)c(OC)c(C2CNCCO2)c1. The number of methoxy groups -OCH3 is 2. The minimum atomic E-state index is 0.00472. The highest BCUT2D eigenvalue weighted by Gasteiger charge is 2.22. The van der Waals surface area contributed by atoms with E-state index < -0.39 is 0 Å². The summed E-state index contributed by atoms with van der Waals surface area (Å²) >= 11 is 3.48. The van der Waals surface area contributed by atoms with Gasteiger partial charge in [0.2, 0.25) is 0 Å². The Hall–Kier alpha value is -0.780. The molecule has 0 spiro atoms. The Morgan fingerprint density at radius 3 is 2.76 bits per heavy atom. The molecule has 0 aromatic heterocycles. The van der Waals surface area contributed by atoms with Gasteiger partial charge in [-0.05, 0) is 28.1 Å². The van der Waals surface area contributed by atoms with Crippen LogP contribution in [0.3, 0.4) is 0 Å². The maximum atomic E-state index is 5.74. The van der Waals surface area contributed by atoms with Gasteiger partial charge in [-0.15, -0.1) is 0 Å². The number of rotatable bonds is 3. The normalized spacial score (nSPS) is 20.1. The summed E-state index contributed by atoms with van der Waals surface area (Å²) in [7, 11) is 3.31. The maximum Gasteiger partial charge on any atom is 0.139 e. The molecule has 1 aromatic rings. The Bertz CT molecular complexity index is 392. The van der Waals surface area contributed by atoms with Crippen LogP contribution in [0.4, 0.5) is 0 Å². The molecule has 1 heterocycles. The van der Waals surface area contributed by atoms with Crippen molar-refractivity contribution in [2.24, 2.45) is 0 Å². The zero-order valence-electron chi connectivity index (χ0n) is 9.96. The number of ether oxygens (including phenoxy) is 3. The molecule has 0 radical (unpaired) electrons. The summed E-state index contributed by atoms with van der Waals surface area (Å²) in [5.74, 6) is 1.60. The first kappa shape index (κ1) is 12.7. The highest BCUT2D eigenvalue weighted by atomic mass is 79.9. The van der Waals surface area contributed by atoms with Crippen molar-refractivity contribution >= 4 is 15.9 Å². The third-order valence-electron chi connectivity index (χ3n) is 2.76. The van der Waals surface area contributed by atoms with E-state index in [0.717, 1.165) is 34.6 Å². The summed E-state index contributed by atoms with van der Waals surface area (Å²) in [6.45, 7) is 2.39. The monoisotopic (exact) mass is 301 g/mol. The van der Waals surface area contributed by atoms with Gasteiger partial charge in [0.05, 0.1) is 31.4 Å². The van der Waals surface area contributed by atoms with Crippen molar-refractivity contribution in [3.05, 3.63) is 22.2 Å². The minimum Gasteiger partial charge on any atom is -0.497 e. The molecule has 2 rings (SSSR count). The lowest BCUT2D eigenvalue weighted by molar-refractivity contribution is 0.0261. The molecule has 1 atom stereocenters. The van der Waals surface area contributed by atoms with Gasteiger partial charge in [-0.3, -0.25) is 0 Å². The number of nitrogens with one attached hydrogen (secondary N) is 1. The van der Waals surface area contributed by atoms with Crippen LogP contribution in [0.5, 0.6) is 11.5 Å². The van der Waals surface area contributed by atoms with Crippen LogP contribution in [0.2, 0.25) is 0 Å². The first-order chi connectivity index (χ1) is 8.26. The summed E-state index contributed by atoms with van der Waals surface area (Å²) in [5.41, 5.74) is 1.01. The quantitative estimate of drug-likeness (QED) is 0.928. The largest absolute Gasteiger partial charge is 0.497 e. The number of halogens is 1. The second kappa shape index (κ2) is 5.71. The van der Waals surface area contributed by atoms with Gasteiger partial charge >= 0.3 is 0 Å². The van der Waals surface area contributed by atoms with Gasteiger partial charge < -0.3 is 19.5 Å². The van der Waals surface area contributed by atoms with E-state index in [9.17, 15) is 0 Å². The predicted octanol–water partition coefficient (Wildman–Crippen LogP) is 2.13. The summed E-state index contributed by atoms with van der Waals surface area (Å²) in [6, 6.07) is 3.85. The van der Waals surface area contributed by atoms with Crippen LogP contribution in [0.1, 0.15) is 11.7 Å². The van der Waals surface area contributed by atoms with Crippen molar-refractivity contribution in [1.82, 2.24) is 5.32 Å². The Morgan fingerprint density at radius 2 is 2.18 bits per heavy atom. The Labute approximate surface area is 109 Å². The van der Waals surface area contributed by atoms with Gasteiger partial charge in [0.15, 0.2) is 0 Å². The zero-order chi connectivity index (χ0) is 12.3. The van der Waals surface area contributed by atoms with Crippen LogP contribution in [-0.2, 0) is 4.74 Å². The van der Waals surface area contributed by atoms with Gasteiger partial charge in [-0.1, -0.05) is 0 Å². The van der Waals surface area contributed by atoms with E-state index in [0.29, 0.717) is 6.61 Å². The molecule has 1 fully saturated rings. The summed E-state index contributed by atoms with van der Waals surface area (Å²) in [5, 5.41) is 3.30. The molecule has 1 unspecified atom stereocenters. The van der Waals surface area contributed by atoms with Crippen molar-refractivity contribution in [3.63, 3.8) is 0 Å². The third kappa shape index (κ3) is 2.73. The van der Waals surface area contributed by atoms with E-state index in [1.165, 1.54) is 0 Å². The van der Waals surface area contributed by atoms with Crippen molar-refractivity contribution in [1.29, 1.82) is 0 Å². The average Bonchev–Trinajstić information content (AvgIpc) is 2.38. The summed E-state index contributed by atoms with van der Waals surface area (Å²) in [6.07, 6.45) is 0.00472. The molecule has 1 aliphatic rings. The number of morpholine rings is 1. The number of benzene rings is 1. The second-order valence-corrected chi connectivity index (χ2v) is 4.65. The lowest BCUT2D eigenvalue weighted by Gasteiger charge is -2.26. The predicted molar refractivity (Wildman–Crippen MR) is 68.8 cm³/mol. The van der Waals surface area contributed by atoms with Crippen molar-refractivity contribution in [3.8, 4) is 11.5 Å². The molecule has 5 heteroatoms. The van der Waals surface area contributed by atoms with Gasteiger partial charge in [-0.25, -0.2) is 0 Å². The van der Waals surface area contributed by atoms with Crippen LogP contribution in [0.25, 0.3) is 0 Å². The first-order valence-corrected chi connectivity index (χ1v) is 6.29. The lowest BCUT2D eigenvalue weighted by atomic mass is 10.1. The molecule has 0 saturated carbocycles. The van der Waals surface area contributed by atoms with E-state index in [2.05, 4.69) is 21.2 Å². The van der Waals surface area contributed by atoms with E-state index in [1.54, 1.807) is 14.2 Å². The second-order valence-electron chi connectivity index (χ2n) is 3.80.